The Kier molecular flexibility index (Phi) is 6.77. The fourth-order valence-corrected chi connectivity index (χ4v) is 2.76. The Bertz CT molecular complexity index is 530. The monoisotopic (exact) mass is 339 g/mol. The lowest BCUT2D eigenvalue weighted by Crippen LogP contribution is -2.47. The number of ether oxygens (including phenoxy) is 1. The van der Waals surface area contributed by atoms with Gasteiger partial charge in [-0.25, -0.2) is 0 Å². The summed E-state index contributed by atoms with van der Waals surface area (Å²) in [5.74, 6) is 0.719. The molecule has 0 unspecified atom stereocenters. The number of carbonyl (C=O) groups excluding carboxylic acids is 1. The summed E-state index contributed by atoms with van der Waals surface area (Å²) in [7, 11) is 3.95. The van der Waals surface area contributed by atoms with Gasteiger partial charge in [-0.05, 0) is 26.9 Å². The predicted molar refractivity (Wildman–Crippen MR) is 89.3 cm³/mol. The number of aliphatic hydroxyl groups is 1. The van der Waals surface area contributed by atoms with E-state index in [1.54, 1.807) is 0 Å². The zero-order valence-electron chi connectivity index (χ0n) is 15.0. The van der Waals surface area contributed by atoms with Crippen LogP contribution in [0.2, 0.25) is 0 Å². The molecule has 1 amide bonds. The number of carbonyl (C=O) groups is 1. The van der Waals surface area contributed by atoms with Gasteiger partial charge < -0.3 is 24.6 Å². The van der Waals surface area contributed by atoms with Crippen molar-refractivity contribution in [3.8, 4) is 0 Å². The van der Waals surface area contributed by atoms with Crippen LogP contribution >= 0.6 is 0 Å². The van der Waals surface area contributed by atoms with E-state index in [4.69, 9.17) is 9.26 Å². The molecule has 0 radical (unpaired) electrons. The molecule has 0 saturated carbocycles. The van der Waals surface area contributed by atoms with Gasteiger partial charge in [0.2, 0.25) is 5.91 Å². The van der Waals surface area contributed by atoms with Crippen molar-refractivity contribution in [1.29, 1.82) is 0 Å². The predicted octanol–water partition coefficient (Wildman–Crippen LogP) is 0.959. The van der Waals surface area contributed by atoms with Crippen LogP contribution in [0.25, 0.3) is 0 Å². The molecular weight excluding hydrogens is 310 g/mol. The Morgan fingerprint density at radius 3 is 2.88 bits per heavy atom. The van der Waals surface area contributed by atoms with E-state index in [-0.39, 0.29) is 24.0 Å². The van der Waals surface area contributed by atoms with E-state index in [1.165, 1.54) is 0 Å². The lowest BCUT2D eigenvalue weighted by atomic mass is 9.98. The van der Waals surface area contributed by atoms with E-state index in [9.17, 15) is 9.90 Å². The Morgan fingerprint density at radius 1 is 1.46 bits per heavy atom. The van der Waals surface area contributed by atoms with Gasteiger partial charge in [-0.3, -0.25) is 4.79 Å². The smallest absolute Gasteiger partial charge is 0.222 e. The molecule has 2 N–H and O–H groups in total. The molecule has 1 aromatic rings. The van der Waals surface area contributed by atoms with E-state index in [0.29, 0.717) is 25.9 Å². The zero-order valence-corrected chi connectivity index (χ0v) is 15.0. The summed E-state index contributed by atoms with van der Waals surface area (Å²) in [6.45, 7) is 4.72. The first-order chi connectivity index (χ1) is 11.3. The lowest BCUT2D eigenvalue weighted by molar-refractivity contribution is -0.131. The average Bonchev–Trinajstić information content (AvgIpc) is 2.93. The van der Waals surface area contributed by atoms with Crippen LogP contribution in [0.1, 0.15) is 38.1 Å². The van der Waals surface area contributed by atoms with Gasteiger partial charge in [0.15, 0.2) is 5.76 Å². The first-order valence-corrected chi connectivity index (χ1v) is 8.55. The first-order valence-electron chi connectivity index (χ1n) is 8.55. The Balaban J connectivity index is 1.85. The summed E-state index contributed by atoms with van der Waals surface area (Å²) < 4.78 is 11.3. The molecule has 0 spiro atoms. The number of hydrogen-bond donors (Lipinski definition) is 2. The number of rotatable bonds is 7. The molecule has 2 heterocycles. The minimum atomic E-state index is -0.546. The van der Waals surface area contributed by atoms with Crippen molar-refractivity contribution < 1.29 is 19.2 Å². The van der Waals surface area contributed by atoms with Crippen molar-refractivity contribution in [2.24, 2.45) is 5.92 Å². The fourth-order valence-electron chi connectivity index (χ4n) is 2.76. The van der Waals surface area contributed by atoms with Gasteiger partial charge in [-0.1, -0.05) is 19.0 Å². The van der Waals surface area contributed by atoms with E-state index >= 15 is 0 Å². The topological polar surface area (TPSA) is 87.8 Å². The van der Waals surface area contributed by atoms with Gasteiger partial charge in [0.05, 0.1) is 24.4 Å². The fraction of sp³-hybridized carbons (Fsp3) is 0.765. The maximum absolute atomic E-state index is 11.7. The molecule has 24 heavy (non-hydrogen) atoms. The molecule has 1 fully saturated rings. The third-order valence-corrected chi connectivity index (χ3v) is 4.10. The summed E-state index contributed by atoms with van der Waals surface area (Å²) in [6.07, 6.45) is 1.14. The molecule has 0 aromatic carbocycles. The number of hydrogen-bond acceptors (Lipinski definition) is 6. The van der Waals surface area contributed by atoms with Gasteiger partial charge >= 0.3 is 0 Å². The largest absolute Gasteiger partial charge is 0.390 e. The van der Waals surface area contributed by atoms with E-state index in [1.807, 2.05) is 38.9 Å². The van der Waals surface area contributed by atoms with Gasteiger partial charge in [0, 0.05) is 24.9 Å². The van der Waals surface area contributed by atoms with Crippen molar-refractivity contribution in [2.45, 2.75) is 58.0 Å². The first kappa shape index (κ1) is 18.9. The van der Waals surface area contributed by atoms with Crippen molar-refractivity contribution in [2.75, 3.05) is 20.6 Å². The molecule has 7 heteroatoms. The Morgan fingerprint density at radius 2 is 2.21 bits per heavy atom. The quantitative estimate of drug-likeness (QED) is 0.769. The summed E-state index contributed by atoms with van der Waals surface area (Å²) in [5, 5.41) is 17.0. The molecule has 7 nitrogen and oxygen atoms in total. The highest BCUT2D eigenvalue weighted by Crippen LogP contribution is 2.22. The standard InChI is InChI=1S/C17H29N3O4/c1-11(2)17(22)18-9-16-15(21)6-5-13(23-16)7-12-8-14(24-19-12)10-20(3)4/h8,11,13,15-16,21H,5-7,9-10H2,1-4H3,(H,18,22)/t13-,15-,16+/m0/s1. The third-order valence-electron chi connectivity index (χ3n) is 4.10. The van der Waals surface area contributed by atoms with Crippen molar-refractivity contribution in [3.05, 3.63) is 17.5 Å². The van der Waals surface area contributed by atoms with Crippen molar-refractivity contribution in [3.63, 3.8) is 0 Å². The summed E-state index contributed by atoms with van der Waals surface area (Å²) in [6, 6.07) is 1.95. The van der Waals surface area contributed by atoms with Crippen LogP contribution in [0.4, 0.5) is 0 Å². The molecule has 0 bridgehead atoms. The number of amides is 1. The second-order valence-electron chi connectivity index (χ2n) is 7.07. The number of aromatic nitrogens is 1. The lowest BCUT2D eigenvalue weighted by Gasteiger charge is -2.34. The van der Waals surface area contributed by atoms with Gasteiger partial charge in [-0.2, -0.15) is 0 Å². The average molecular weight is 339 g/mol. The minimum absolute atomic E-state index is 0.0216. The highest BCUT2D eigenvalue weighted by Gasteiger charge is 2.31. The molecule has 3 atom stereocenters. The van der Waals surface area contributed by atoms with Gasteiger partial charge in [0.25, 0.3) is 0 Å². The van der Waals surface area contributed by atoms with E-state index in [2.05, 4.69) is 10.5 Å². The van der Waals surface area contributed by atoms with Crippen molar-refractivity contribution in [1.82, 2.24) is 15.4 Å². The number of nitrogens with zero attached hydrogens (tertiary/aromatic N) is 2. The maximum atomic E-state index is 11.7. The molecule has 0 aliphatic carbocycles. The minimum Gasteiger partial charge on any atom is -0.390 e. The van der Waals surface area contributed by atoms with Crippen LogP contribution in [0.3, 0.4) is 0 Å². The Labute approximate surface area is 143 Å². The van der Waals surface area contributed by atoms with Crippen LogP contribution in [0.15, 0.2) is 10.6 Å². The van der Waals surface area contributed by atoms with Gasteiger partial charge in [-0.15, -0.1) is 0 Å². The molecule has 1 aliphatic heterocycles. The number of nitrogens with one attached hydrogen (secondary N) is 1. The van der Waals surface area contributed by atoms with Crippen LogP contribution < -0.4 is 5.32 Å². The SMILES string of the molecule is CC(C)C(=O)NC[C@H]1O[C@H](Cc2cc(CN(C)C)on2)CC[C@@H]1O. The van der Waals surface area contributed by atoms with E-state index < -0.39 is 6.10 Å². The molecule has 2 rings (SSSR count). The molecular formula is C17H29N3O4. The zero-order chi connectivity index (χ0) is 17.7. The number of aliphatic hydroxyl groups excluding tert-OH is 1. The highest BCUT2D eigenvalue weighted by molar-refractivity contribution is 5.77. The maximum Gasteiger partial charge on any atom is 0.222 e. The highest BCUT2D eigenvalue weighted by atomic mass is 16.5. The van der Waals surface area contributed by atoms with Crippen LogP contribution in [-0.4, -0.2) is 60.0 Å². The summed E-state index contributed by atoms with van der Waals surface area (Å²) in [5.41, 5.74) is 0.859. The molecule has 136 valence electrons. The van der Waals surface area contributed by atoms with Gasteiger partial charge in [0.1, 0.15) is 6.10 Å². The third kappa shape index (κ3) is 5.58. The molecule has 1 saturated heterocycles. The second kappa shape index (κ2) is 8.60. The summed E-state index contributed by atoms with van der Waals surface area (Å²) in [4.78, 5) is 13.7. The molecule has 1 aliphatic rings. The Hall–Kier alpha value is -1.44. The van der Waals surface area contributed by atoms with E-state index in [0.717, 1.165) is 17.9 Å². The van der Waals surface area contributed by atoms with Crippen LogP contribution in [-0.2, 0) is 22.5 Å². The normalized spacial score (nSPS) is 24.5. The summed E-state index contributed by atoms with van der Waals surface area (Å²) >= 11 is 0. The van der Waals surface area contributed by atoms with Crippen LogP contribution in [0, 0.1) is 5.92 Å². The van der Waals surface area contributed by atoms with Crippen molar-refractivity contribution >= 4 is 5.91 Å². The second-order valence-corrected chi connectivity index (χ2v) is 7.07. The molecule has 1 aromatic heterocycles. The van der Waals surface area contributed by atoms with Crippen LogP contribution in [0.5, 0.6) is 0 Å².